The zero-order valence-electron chi connectivity index (χ0n) is 9.72. The van der Waals surface area contributed by atoms with Crippen LogP contribution in [0.2, 0.25) is 5.02 Å². The number of ether oxygens (including phenoxy) is 1. The lowest BCUT2D eigenvalue weighted by Crippen LogP contribution is -2.26. The second-order valence-corrected chi connectivity index (χ2v) is 4.50. The third kappa shape index (κ3) is 2.26. The molecular formula is C12H12ClNO4. The monoisotopic (exact) mass is 269 g/mol. The second-order valence-electron chi connectivity index (χ2n) is 4.06. The molecule has 1 aromatic rings. The van der Waals surface area contributed by atoms with Gasteiger partial charge in [0.2, 0.25) is 5.91 Å². The SMILES string of the molecule is COc1ccc(Cl)cc1N1C[C@H](C(=O)O)CC1=O. The Bertz CT molecular complexity index is 503. The maximum Gasteiger partial charge on any atom is 0.308 e. The van der Waals surface area contributed by atoms with E-state index in [0.29, 0.717) is 16.5 Å². The summed E-state index contributed by atoms with van der Waals surface area (Å²) < 4.78 is 5.16. The number of hydrogen-bond donors (Lipinski definition) is 1. The van der Waals surface area contributed by atoms with Crippen LogP contribution in [0.15, 0.2) is 18.2 Å². The van der Waals surface area contributed by atoms with Crippen LogP contribution in [0.1, 0.15) is 6.42 Å². The number of carbonyl (C=O) groups is 2. The highest BCUT2D eigenvalue weighted by Crippen LogP contribution is 2.35. The van der Waals surface area contributed by atoms with Crippen LogP contribution in [-0.2, 0) is 9.59 Å². The zero-order valence-corrected chi connectivity index (χ0v) is 10.5. The first-order valence-electron chi connectivity index (χ1n) is 5.39. The fourth-order valence-electron chi connectivity index (χ4n) is 1.98. The first-order chi connectivity index (χ1) is 8.52. The molecular weight excluding hydrogens is 258 g/mol. The summed E-state index contributed by atoms with van der Waals surface area (Å²) in [6.45, 7) is 0.144. The molecule has 1 saturated heterocycles. The van der Waals surface area contributed by atoms with Gasteiger partial charge in [-0.2, -0.15) is 0 Å². The van der Waals surface area contributed by atoms with Crippen molar-refractivity contribution in [1.82, 2.24) is 0 Å². The summed E-state index contributed by atoms with van der Waals surface area (Å²) in [6, 6.07) is 4.90. The lowest BCUT2D eigenvalue weighted by atomic mass is 10.1. The summed E-state index contributed by atoms with van der Waals surface area (Å²) in [5, 5.41) is 9.41. The summed E-state index contributed by atoms with van der Waals surface area (Å²) in [6.07, 6.45) is 0.00496. The van der Waals surface area contributed by atoms with E-state index in [0.717, 1.165) is 0 Å². The molecule has 0 bridgehead atoms. The summed E-state index contributed by atoms with van der Waals surface area (Å²) in [7, 11) is 1.49. The van der Waals surface area contributed by atoms with Crippen molar-refractivity contribution in [2.75, 3.05) is 18.6 Å². The van der Waals surface area contributed by atoms with E-state index in [1.807, 2.05) is 0 Å². The molecule has 0 aliphatic carbocycles. The van der Waals surface area contributed by atoms with Crippen LogP contribution >= 0.6 is 11.6 Å². The van der Waals surface area contributed by atoms with Crippen LogP contribution in [0.3, 0.4) is 0 Å². The maximum absolute atomic E-state index is 11.8. The van der Waals surface area contributed by atoms with Gasteiger partial charge in [0.15, 0.2) is 0 Å². The maximum atomic E-state index is 11.8. The molecule has 0 saturated carbocycles. The van der Waals surface area contributed by atoms with Crippen molar-refractivity contribution in [2.24, 2.45) is 5.92 Å². The predicted octanol–water partition coefficient (Wildman–Crippen LogP) is 1.79. The van der Waals surface area contributed by atoms with Crippen molar-refractivity contribution in [2.45, 2.75) is 6.42 Å². The van der Waals surface area contributed by atoms with Gasteiger partial charge in [0.05, 0.1) is 18.7 Å². The smallest absolute Gasteiger partial charge is 0.308 e. The van der Waals surface area contributed by atoms with Crippen LogP contribution in [0.25, 0.3) is 0 Å². The van der Waals surface area contributed by atoms with Gasteiger partial charge in [0.1, 0.15) is 5.75 Å². The van der Waals surface area contributed by atoms with E-state index in [1.165, 1.54) is 12.0 Å². The molecule has 0 aromatic heterocycles. The molecule has 1 heterocycles. The third-order valence-electron chi connectivity index (χ3n) is 2.91. The number of methoxy groups -OCH3 is 1. The zero-order chi connectivity index (χ0) is 13.3. The van der Waals surface area contributed by atoms with E-state index in [9.17, 15) is 9.59 Å². The van der Waals surface area contributed by atoms with Gasteiger partial charge >= 0.3 is 5.97 Å². The number of carboxylic acid groups (broad SMARTS) is 1. The number of amides is 1. The van der Waals surface area contributed by atoms with Crippen LogP contribution in [0.4, 0.5) is 5.69 Å². The molecule has 2 rings (SSSR count). The fraction of sp³-hybridized carbons (Fsp3) is 0.333. The molecule has 0 spiro atoms. The Kier molecular flexibility index (Phi) is 3.43. The number of carboxylic acids is 1. The first kappa shape index (κ1) is 12.7. The van der Waals surface area contributed by atoms with E-state index in [2.05, 4.69) is 0 Å². The largest absolute Gasteiger partial charge is 0.495 e. The summed E-state index contributed by atoms with van der Waals surface area (Å²) in [5.74, 6) is -1.38. The minimum Gasteiger partial charge on any atom is -0.495 e. The number of anilines is 1. The Labute approximate surface area is 109 Å². The van der Waals surface area contributed by atoms with Crippen molar-refractivity contribution in [3.8, 4) is 5.75 Å². The van der Waals surface area contributed by atoms with Gasteiger partial charge < -0.3 is 14.7 Å². The second kappa shape index (κ2) is 4.86. The molecule has 6 heteroatoms. The molecule has 1 fully saturated rings. The summed E-state index contributed by atoms with van der Waals surface area (Å²) in [4.78, 5) is 24.1. The highest BCUT2D eigenvalue weighted by Gasteiger charge is 2.36. The summed E-state index contributed by atoms with van der Waals surface area (Å²) >= 11 is 5.89. The van der Waals surface area contributed by atoms with Crippen molar-refractivity contribution in [1.29, 1.82) is 0 Å². The van der Waals surface area contributed by atoms with Gasteiger partial charge in [-0.25, -0.2) is 0 Å². The van der Waals surface area contributed by atoms with Gasteiger partial charge in [0.25, 0.3) is 0 Å². The van der Waals surface area contributed by atoms with Crippen molar-refractivity contribution >= 4 is 29.2 Å². The molecule has 0 unspecified atom stereocenters. The summed E-state index contributed by atoms with van der Waals surface area (Å²) in [5.41, 5.74) is 0.513. The van der Waals surface area contributed by atoms with E-state index < -0.39 is 11.9 Å². The van der Waals surface area contributed by atoms with Crippen LogP contribution in [-0.4, -0.2) is 30.6 Å². The Morgan fingerprint density at radius 2 is 2.28 bits per heavy atom. The third-order valence-corrected chi connectivity index (χ3v) is 3.14. The number of aliphatic carboxylic acids is 1. The molecule has 1 atom stereocenters. The van der Waals surface area contributed by atoms with Gasteiger partial charge in [-0.05, 0) is 18.2 Å². The molecule has 96 valence electrons. The Morgan fingerprint density at radius 1 is 1.56 bits per heavy atom. The van der Waals surface area contributed by atoms with E-state index in [1.54, 1.807) is 18.2 Å². The lowest BCUT2D eigenvalue weighted by molar-refractivity contribution is -0.141. The molecule has 18 heavy (non-hydrogen) atoms. The van der Waals surface area contributed by atoms with Crippen LogP contribution in [0.5, 0.6) is 5.75 Å². The number of rotatable bonds is 3. The molecule has 1 aliphatic rings. The van der Waals surface area contributed by atoms with Crippen molar-refractivity contribution in [3.05, 3.63) is 23.2 Å². The molecule has 1 aromatic carbocycles. The van der Waals surface area contributed by atoms with Crippen molar-refractivity contribution < 1.29 is 19.4 Å². The normalized spacial score (nSPS) is 19.1. The fourth-order valence-corrected chi connectivity index (χ4v) is 2.15. The van der Waals surface area contributed by atoms with Gasteiger partial charge in [-0.3, -0.25) is 9.59 Å². The lowest BCUT2D eigenvalue weighted by Gasteiger charge is -2.19. The number of benzene rings is 1. The van der Waals surface area contributed by atoms with E-state index in [-0.39, 0.29) is 18.9 Å². The van der Waals surface area contributed by atoms with Crippen LogP contribution in [0, 0.1) is 5.92 Å². The quantitative estimate of drug-likeness (QED) is 0.908. The molecule has 1 aliphatic heterocycles. The first-order valence-corrected chi connectivity index (χ1v) is 5.77. The minimum absolute atomic E-state index is 0.00496. The average molecular weight is 270 g/mol. The van der Waals surface area contributed by atoms with Gasteiger partial charge in [-0.15, -0.1) is 0 Å². The molecule has 5 nitrogen and oxygen atoms in total. The van der Waals surface area contributed by atoms with Gasteiger partial charge in [-0.1, -0.05) is 11.6 Å². The number of halogens is 1. The van der Waals surface area contributed by atoms with Gasteiger partial charge in [0, 0.05) is 18.0 Å². The molecule has 1 N–H and O–H groups in total. The average Bonchev–Trinajstić information content (AvgIpc) is 2.71. The highest BCUT2D eigenvalue weighted by molar-refractivity contribution is 6.31. The molecule has 1 amide bonds. The highest BCUT2D eigenvalue weighted by atomic mass is 35.5. The minimum atomic E-state index is -0.966. The van der Waals surface area contributed by atoms with E-state index >= 15 is 0 Å². The Hall–Kier alpha value is -1.75. The number of carbonyl (C=O) groups excluding carboxylic acids is 1. The number of hydrogen-bond acceptors (Lipinski definition) is 3. The van der Waals surface area contributed by atoms with Crippen LogP contribution < -0.4 is 9.64 Å². The van der Waals surface area contributed by atoms with Crippen molar-refractivity contribution in [3.63, 3.8) is 0 Å². The topological polar surface area (TPSA) is 66.8 Å². The predicted molar refractivity (Wildman–Crippen MR) is 66.1 cm³/mol. The van der Waals surface area contributed by atoms with E-state index in [4.69, 9.17) is 21.4 Å². The number of nitrogens with zero attached hydrogens (tertiary/aromatic N) is 1. The molecule has 0 radical (unpaired) electrons. The standard InChI is InChI=1S/C12H12ClNO4/c1-18-10-3-2-8(13)5-9(10)14-6-7(12(16)17)4-11(14)15/h2-3,5,7H,4,6H2,1H3,(H,16,17)/t7-/m1/s1. The Morgan fingerprint density at radius 3 is 2.83 bits per heavy atom. The Balaban J connectivity index is 2.34.